The maximum atomic E-state index is 3.71. The van der Waals surface area contributed by atoms with Gasteiger partial charge >= 0.3 is 0 Å². The van der Waals surface area contributed by atoms with Crippen LogP contribution in [0, 0.1) is 0 Å². The molecule has 0 amide bonds. The molecule has 0 bridgehead atoms. The number of rotatable bonds is 1. The summed E-state index contributed by atoms with van der Waals surface area (Å²) in [5.74, 6) is 0. The summed E-state index contributed by atoms with van der Waals surface area (Å²) < 4.78 is 0. The molecule has 1 nitrogen and oxygen atoms in total. The molecule has 0 saturated carbocycles. The van der Waals surface area contributed by atoms with Crippen molar-refractivity contribution in [3.63, 3.8) is 0 Å². The predicted molar refractivity (Wildman–Crippen MR) is 94.7 cm³/mol. The highest BCUT2D eigenvalue weighted by Gasteiger charge is 2.18. The Morgan fingerprint density at radius 2 is 1.45 bits per heavy atom. The molecular formula is C21H19N. The zero-order chi connectivity index (χ0) is 14.5. The van der Waals surface area contributed by atoms with Crippen molar-refractivity contribution in [2.45, 2.75) is 25.3 Å². The number of hydrogen-bond donors (Lipinski definition) is 1. The molecule has 0 radical (unpaired) electrons. The fraction of sp³-hybridized carbons (Fsp3) is 0.238. The van der Waals surface area contributed by atoms with E-state index in [4.69, 9.17) is 0 Å². The van der Waals surface area contributed by atoms with E-state index in [1.54, 1.807) is 0 Å². The van der Waals surface area contributed by atoms with E-state index < -0.39 is 0 Å². The van der Waals surface area contributed by atoms with Gasteiger partial charge in [0.15, 0.2) is 0 Å². The van der Waals surface area contributed by atoms with E-state index in [1.807, 2.05) is 0 Å². The summed E-state index contributed by atoms with van der Waals surface area (Å²) in [7, 11) is 0. The Morgan fingerprint density at radius 1 is 0.727 bits per heavy atom. The van der Waals surface area contributed by atoms with Crippen LogP contribution in [0.25, 0.3) is 32.3 Å². The summed E-state index contributed by atoms with van der Waals surface area (Å²) in [5, 5.41) is 12.1. The van der Waals surface area contributed by atoms with Crippen LogP contribution in [-0.4, -0.2) is 6.54 Å². The lowest BCUT2D eigenvalue weighted by atomic mass is 9.88. The van der Waals surface area contributed by atoms with Gasteiger partial charge in [0.05, 0.1) is 0 Å². The molecule has 5 rings (SSSR count). The normalized spacial score (nSPS) is 19.4. The predicted octanol–water partition coefficient (Wildman–Crippen LogP) is 5.40. The van der Waals surface area contributed by atoms with E-state index >= 15 is 0 Å². The van der Waals surface area contributed by atoms with Crippen LogP contribution in [0.3, 0.4) is 0 Å². The van der Waals surface area contributed by atoms with Gasteiger partial charge in [0.1, 0.15) is 0 Å². The first-order valence-corrected chi connectivity index (χ1v) is 8.32. The van der Waals surface area contributed by atoms with Gasteiger partial charge < -0.3 is 5.32 Å². The number of benzene rings is 4. The Hall–Kier alpha value is -2.12. The second-order valence-electron chi connectivity index (χ2n) is 6.51. The molecule has 0 spiro atoms. The topological polar surface area (TPSA) is 12.0 Å². The van der Waals surface area contributed by atoms with Crippen molar-refractivity contribution in [1.82, 2.24) is 5.32 Å². The lowest BCUT2D eigenvalue weighted by Gasteiger charge is -2.26. The molecule has 1 heteroatoms. The number of hydrogen-bond acceptors (Lipinski definition) is 1. The van der Waals surface area contributed by atoms with Crippen LogP contribution in [0.1, 0.15) is 30.9 Å². The third-order valence-corrected chi connectivity index (χ3v) is 5.25. The maximum Gasteiger partial charge on any atom is 0.0326 e. The van der Waals surface area contributed by atoms with E-state index in [0.29, 0.717) is 6.04 Å². The van der Waals surface area contributed by atoms with Crippen LogP contribution in [0.2, 0.25) is 0 Å². The van der Waals surface area contributed by atoms with Crippen LogP contribution in [-0.2, 0) is 0 Å². The molecule has 1 heterocycles. The van der Waals surface area contributed by atoms with Gasteiger partial charge in [-0.05, 0) is 57.3 Å². The Kier molecular flexibility index (Phi) is 2.65. The number of nitrogens with one attached hydrogen (secondary N) is 1. The van der Waals surface area contributed by atoms with E-state index in [1.165, 1.54) is 57.1 Å². The van der Waals surface area contributed by atoms with E-state index in [-0.39, 0.29) is 0 Å². The van der Waals surface area contributed by atoms with Crippen LogP contribution >= 0.6 is 0 Å². The van der Waals surface area contributed by atoms with Gasteiger partial charge in [-0.3, -0.25) is 0 Å². The third-order valence-electron chi connectivity index (χ3n) is 5.25. The van der Waals surface area contributed by atoms with E-state index in [0.717, 1.165) is 6.54 Å². The molecule has 1 N–H and O–H groups in total. The Labute approximate surface area is 130 Å². The summed E-state index contributed by atoms with van der Waals surface area (Å²) in [6, 6.07) is 20.9. The molecule has 1 aliphatic heterocycles. The zero-order valence-corrected chi connectivity index (χ0v) is 12.6. The maximum absolute atomic E-state index is 3.71. The van der Waals surface area contributed by atoms with E-state index in [2.05, 4.69) is 59.9 Å². The van der Waals surface area contributed by atoms with Gasteiger partial charge in [-0.25, -0.2) is 0 Å². The minimum absolute atomic E-state index is 0.512. The SMILES string of the molecule is c1cc2ccc3ccc([C@H]4CCCCN4)c4ccc(c1)c2c34. The van der Waals surface area contributed by atoms with Crippen LogP contribution in [0.5, 0.6) is 0 Å². The third kappa shape index (κ3) is 1.69. The first-order chi connectivity index (χ1) is 10.9. The first kappa shape index (κ1) is 12.4. The summed E-state index contributed by atoms with van der Waals surface area (Å²) >= 11 is 0. The molecule has 1 fully saturated rings. The fourth-order valence-electron chi connectivity index (χ4n) is 4.18. The Balaban J connectivity index is 1.89. The minimum atomic E-state index is 0.512. The van der Waals surface area contributed by atoms with Gasteiger partial charge in [0.25, 0.3) is 0 Å². The smallest absolute Gasteiger partial charge is 0.0326 e. The highest BCUT2D eigenvalue weighted by atomic mass is 14.9. The molecule has 4 aromatic carbocycles. The van der Waals surface area contributed by atoms with Crippen molar-refractivity contribution in [3.05, 3.63) is 60.2 Å². The van der Waals surface area contributed by atoms with Crippen LogP contribution < -0.4 is 5.32 Å². The second kappa shape index (κ2) is 4.69. The molecule has 1 saturated heterocycles. The lowest BCUT2D eigenvalue weighted by molar-refractivity contribution is 0.414. The Morgan fingerprint density at radius 3 is 2.23 bits per heavy atom. The van der Waals surface area contributed by atoms with Gasteiger partial charge in [-0.15, -0.1) is 0 Å². The molecule has 1 atom stereocenters. The zero-order valence-electron chi connectivity index (χ0n) is 12.6. The molecule has 4 aromatic rings. The van der Waals surface area contributed by atoms with Crippen molar-refractivity contribution < 1.29 is 0 Å². The highest BCUT2D eigenvalue weighted by Crippen LogP contribution is 2.38. The monoisotopic (exact) mass is 285 g/mol. The molecule has 22 heavy (non-hydrogen) atoms. The van der Waals surface area contributed by atoms with Crippen molar-refractivity contribution in [2.75, 3.05) is 6.54 Å². The minimum Gasteiger partial charge on any atom is -0.310 e. The standard InChI is InChI=1S/C21H19N/c1-2-13-22-19(6-1)17-11-9-16-8-7-14-4-3-5-15-10-12-18(17)21(16)20(14)15/h3-5,7-12,19,22H,1-2,6,13H2/t19-/m1/s1. The van der Waals surface area contributed by atoms with Crippen LogP contribution in [0.15, 0.2) is 54.6 Å². The van der Waals surface area contributed by atoms with Gasteiger partial charge in [-0.1, -0.05) is 61.0 Å². The lowest BCUT2D eigenvalue weighted by Crippen LogP contribution is -2.26. The van der Waals surface area contributed by atoms with Crippen molar-refractivity contribution in [2.24, 2.45) is 0 Å². The van der Waals surface area contributed by atoms with Gasteiger partial charge in [-0.2, -0.15) is 0 Å². The van der Waals surface area contributed by atoms with Crippen molar-refractivity contribution >= 4 is 32.3 Å². The van der Waals surface area contributed by atoms with Gasteiger partial charge in [0, 0.05) is 6.04 Å². The second-order valence-corrected chi connectivity index (χ2v) is 6.51. The average molecular weight is 285 g/mol. The average Bonchev–Trinajstić information content (AvgIpc) is 2.60. The van der Waals surface area contributed by atoms with Crippen LogP contribution in [0.4, 0.5) is 0 Å². The molecule has 1 aliphatic rings. The summed E-state index contributed by atoms with van der Waals surface area (Å²) in [4.78, 5) is 0. The molecular weight excluding hydrogens is 266 g/mol. The Bertz CT molecular complexity index is 948. The summed E-state index contributed by atoms with van der Waals surface area (Å²) in [6.45, 7) is 1.15. The summed E-state index contributed by atoms with van der Waals surface area (Å²) in [5.41, 5.74) is 1.48. The summed E-state index contributed by atoms with van der Waals surface area (Å²) in [6.07, 6.45) is 3.89. The highest BCUT2D eigenvalue weighted by molar-refractivity contribution is 6.23. The largest absolute Gasteiger partial charge is 0.310 e. The van der Waals surface area contributed by atoms with Crippen molar-refractivity contribution in [1.29, 1.82) is 0 Å². The van der Waals surface area contributed by atoms with Crippen molar-refractivity contribution in [3.8, 4) is 0 Å². The first-order valence-electron chi connectivity index (χ1n) is 8.32. The molecule has 0 aromatic heterocycles. The fourth-order valence-corrected chi connectivity index (χ4v) is 4.18. The van der Waals surface area contributed by atoms with E-state index in [9.17, 15) is 0 Å². The molecule has 108 valence electrons. The van der Waals surface area contributed by atoms with Gasteiger partial charge in [0.2, 0.25) is 0 Å². The molecule has 0 unspecified atom stereocenters. The number of piperidine rings is 1. The quantitative estimate of drug-likeness (QED) is 0.462. The molecule has 0 aliphatic carbocycles.